The number of anilines is 1. The largest absolute Gasteiger partial charge is 0.405 e. The molecule has 0 unspecified atom stereocenters. The summed E-state index contributed by atoms with van der Waals surface area (Å²) in [5.41, 5.74) is 0. The van der Waals surface area contributed by atoms with Gasteiger partial charge in [0.05, 0.1) is 0 Å². The van der Waals surface area contributed by atoms with Crippen molar-refractivity contribution in [3.05, 3.63) is 25.0 Å². The van der Waals surface area contributed by atoms with E-state index in [4.69, 9.17) is 0 Å². The first-order chi connectivity index (χ1) is 6.53. The summed E-state index contributed by atoms with van der Waals surface area (Å²) in [6.07, 6.45) is 0.369. The number of nitrogens with one attached hydrogen (secondary N) is 1. The van der Waals surface area contributed by atoms with Gasteiger partial charge in [-0.2, -0.15) is 13.2 Å². The normalized spacial score (nSPS) is 11.4. The van der Waals surface area contributed by atoms with E-state index in [1.54, 1.807) is 16.8 Å². The third kappa shape index (κ3) is 3.12. The first-order valence-electron chi connectivity index (χ1n) is 3.95. The maximum atomic E-state index is 11.8. The molecule has 1 aromatic rings. The summed E-state index contributed by atoms with van der Waals surface area (Å²) in [5.74, 6) is 0.197. The maximum absolute atomic E-state index is 11.8. The van der Waals surface area contributed by atoms with Gasteiger partial charge in [0.25, 0.3) is 0 Å². The number of halogens is 3. The fourth-order valence-corrected chi connectivity index (χ4v) is 0.942. The number of alkyl halides is 3. The van der Waals surface area contributed by atoms with Gasteiger partial charge >= 0.3 is 6.18 Å². The minimum atomic E-state index is -4.23. The van der Waals surface area contributed by atoms with Gasteiger partial charge in [-0.05, 0) is 0 Å². The Morgan fingerprint density at radius 1 is 1.57 bits per heavy atom. The second kappa shape index (κ2) is 4.17. The molecule has 0 bridgehead atoms. The van der Waals surface area contributed by atoms with Gasteiger partial charge in [-0.15, -0.1) is 6.58 Å². The molecule has 0 aliphatic rings. The van der Waals surface area contributed by atoms with Crippen LogP contribution >= 0.6 is 0 Å². The van der Waals surface area contributed by atoms with Crippen LogP contribution in [0.25, 0.3) is 0 Å². The lowest BCUT2D eigenvalue weighted by molar-refractivity contribution is -0.115. The Balaban J connectivity index is 2.58. The zero-order chi connectivity index (χ0) is 10.6. The molecule has 0 saturated carbocycles. The summed E-state index contributed by atoms with van der Waals surface area (Å²) >= 11 is 0. The van der Waals surface area contributed by atoms with Gasteiger partial charge in [-0.3, -0.25) is 0 Å². The number of hydrogen-bond acceptors (Lipinski definition) is 2. The molecule has 0 spiro atoms. The first-order valence-corrected chi connectivity index (χ1v) is 3.95. The van der Waals surface area contributed by atoms with Crippen LogP contribution in [0.5, 0.6) is 0 Å². The summed E-state index contributed by atoms with van der Waals surface area (Å²) < 4.78 is 37.1. The van der Waals surface area contributed by atoms with Crippen molar-refractivity contribution in [1.29, 1.82) is 0 Å². The molecule has 1 N–H and O–H groups in total. The molecule has 6 heteroatoms. The molecule has 1 rings (SSSR count). The van der Waals surface area contributed by atoms with Crippen LogP contribution in [0.2, 0.25) is 0 Å². The van der Waals surface area contributed by atoms with Crippen LogP contribution < -0.4 is 5.32 Å². The van der Waals surface area contributed by atoms with Crippen molar-refractivity contribution >= 4 is 5.95 Å². The topological polar surface area (TPSA) is 29.9 Å². The maximum Gasteiger partial charge on any atom is 0.405 e. The highest BCUT2D eigenvalue weighted by Crippen LogP contribution is 2.15. The Labute approximate surface area is 79.3 Å². The number of hydrogen-bond donors (Lipinski definition) is 1. The van der Waals surface area contributed by atoms with E-state index < -0.39 is 12.7 Å². The standard InChI is InChI=1S/C8H10F3N3/c1-2-4-14-5-3-12-7(14)13-6-8(9,10)11/h2-3,5H,1,4,6H2,(H,12,13). The van der Waals surface area contributed by atoms with Gasteiger partial charge in [0, 0.05) is 18.9 Å². The fourth-order valence-electron chi connectivity index (χ4n) is 0.942. The minimum absolute atomic E-state index is 0.197. The molecule has 1 heterocycles. The highest BCUT2D eigenvalue weighted by Gasteiger charge is 2.27. The molecule has 0 aliphatic carbocycles. The Morgan fingerprint density at radius 3 is 2.86 bits per heavy atom. The lowest BCUT2D eigenvalue weighted by Gasteiger charge is -2.09. The zero-order valence-electron chi connectivity index (χ0n) is 7.38. The Kier molecular flexibility index (Phi) is 3.16. The number of allylic oxidation sites excluding steroid dienone is 1. The smallest absolute Gasteiger partial charge is 0.347 e. The lowest BCUT2D eigenvalue weighted by Crippen LogP contribution is -2.23. The molecular weight excluding hydrogens is 195 g/mol. The van der Waals surface area contributed by atoms with E-state index in [0.29, 0.717) is 6.54 Å². The monoisotopic (exact) mass is 205 g/mol. The fraction of sp³-hybridized carbons (Fsp3) is 0.375. The number of rotatable bonds is 4. The molecule has 0 saturated heterocycles. The second-order valence-electron chi connectivity index (χ2n) is 2.66. The van der Waals surface area contributed by atoms with Crippen molar-refractivity contribution in [2.45, 2.75) is 12.7 Å². The molecule has 1 aromatic heterocycles. The van der Waals surface area contributed by atoms with Crippen LogP contribution in [0.15, 0.2) is 25.0 Å². The SMILES string of the molecule is C=CCn1ccnc1NCC(F)(F)F. The molecule has 0 aliphatic heterocycles. The van der Waals surface area contributed by atoms with Gasteiger partial charge in [0.1, 0.15) is 6.54 Å². The molecule has 3 nitrogen and oxygen atoms in total. The molecule has 0 aromatic carbocycles. The van der Waals surface area contributed by atoms with Crippen LogP contribution in [-0.4, -0.2) is 22.3 Å². The summed E-state index contributed by atoms with van der Waals surface area (Å²) in [7, 11) is 0. The van der Waals surface area contributed by atoms with E-state index in [9.17, 15) is 13.2 Å². The van der Waals surface area contributed by atoms with E-state index in [1.165, 1.54) is 6.20 Å². The van der Waals surface area contributed by atoms with Gasteiger partial charge < -0.3 is 9.88 Å². The minimum Gasteiger partial charge on any atom is -0.347 e. The van der Waals surface area contributed by atoms with Crippen LogP contribution in [0, 0.1) is 0 Å². The summed E-state index contributed by atoms with van der Waals surface area (Å²) in [4.78, 5) is 3.74. The molecular formula is C8H10F3N3. The Bertz CT molecular complexity index is 303. The van der Waals surface area contributed by atoms with E-state index in [-0.39, 0.29) is 5.95 Å². The van der Waals surface area contributed by atoms with Gasteiger partial charge in [-0.1, -0.05) is 6.08 Å². The quantitative estimate of drug-likeness (QED) is 0.762. The van der Waals surface area contributed by atoms with Crippen molar-refractivity contribution in [2.24, 2.45) is 0 Å². The summed E-state index contributed by atoms with van der Waals surface area (Å²) in [6, 6.07) is 0. The molecule has 0 radical (unpaired) electrons. The average Bonchev–Trinajstić information content (AvgIpc) is 2.48. The van der Waals surface area contributed by atoms with Crippen LogP contribution in [0.3, 0.4) is 0 Å². The van der Waals surface area contributed by atoms with E-state index in [0.717, 1.165) is 0 Å². The van der Waals surface area contributed by atoms with Crippen molar-refractivity contribution in [2.75, 3.05) is 11.9 Å². The predicted octanol–water partition coefficient (Wildman–Crippen LogP) is 2.04. The molecule has 0 atom stereocenters. The van der Waals surface area contributed by atoms with Crippen molar-refractivity contribution in [3.63, 3.8) is 0 Å². The van der Waals surface area contributed by atoms with Crippen molar-refractivity contribution in [3.8, 4) is 0 Å². The van der Waals surface area contributed by atoms with Gasteiger partial charge in [0.15, 0.2) is 0 Å². The molecule has 14 heavy (non-hydrogen) atoms. The number of nitrogens with zero attached hydrogens (tertiary/aromatic N) is 2. The van der Waals surface area contributed by atoms with Crippen molar-refractivity contribution < 1.29 is 13.2 Å². The molecule has 0 amide bonds. The molecule has 78 valence electrons. The highest BCUT2D eigenvalue weighted by molar-refractivity contribution is 5.26. The van der Waals surface area contributed by atoms with E-state index >= 15 is 0 Å². The lowest BCUT2D eigenvalue weighted by atomic mass is 10.6. The highest BCUT2D eigenvalue weighted by atomic mass is 19.4. The Morgan fingerprint density at radius 2 is 2.29 bits per heavy atom. The average molecular weight is 205 g/mol. The Hall–Kier alpha value is -1.46. The van der Waals surface area contributed by atoms with Gasteiger partial charge in [0.2, 0.25) is 5.95 Å². The van der Waals surface area contributed by atoms with E-state index in [1.807, 2.05) is 0 Å². The van der Waals surface area contributed by atoms with Crippen LogP contribution in [0.4, 0.5) is 19.1 Å². The second-order valence-corrected chi connectivity index (χ2v) is 2.66. The zero-order valence-corrected chi connectivity index (χ0v) is 7.38. The summed E-state index contributed by atoms with van der Waals surface area (Å²) in [5, 5.41) is 2.20. The van der Waals surface area contributed by atoms with Crippen LogP contribution in [-0.2, 0) is 6.54 Å². The number of imidazole rings is 1. The van der Waals surface area contributed by atoms with Crippen LogP contribution in [0.1, 0.15) is 0 Å². The summed E-state index contributed by atoms with van der Waals surface area (Å²) in [6.45, 7) is 2.84. The first kappa shape index (κ1) is 10.6. The van der Waals surface area contributed by atoms with Gasteiger partial charge in [-0.25, -0.2) is 4.98 Å². The predicted molar refractivity (Wildman–Crippen MR) is 47.0 cm³/mol. The van der Waals surface area contributed by atoms with E-state index in [2.05, 4.69) is 16.9 Å². The van der Waals surface area contributed by atoms with Crippen molar-refractivity contribution in [1.82, 2.24) is 9.55 Å². The third-order valence-electron chi connectivity index (χ3n) is 1.49. The number of aromatic nitrogens is 2. The molecule has 0 fully saturated rings. The third-order valence-corrected chi connectivity index (χ3v) is 1.49.